The monoisotopic (exact) mass is 316 g/mol. The number of piperazine rings is 1. The molecule has 0 radical (unpaired) electrons. The van der Waals surface area contributed by atoms with Gasteiger partial charge in [0.15, 0.2) is 0 Å². The van der Waals surface area contributed by atoms with Crippen LogP contribution in [0.1, 0.15) is 32.6 Å². The molecule has 2 amide bonds. The average molecular weight is 316 g/mol. The summed E-state index contributed by atoms with van der Waals surface area (Å²) >= 11 is 0. The van der Waals surface area contributed by atoms with E-state index in [0.717, 1.165) is 37.1 Å². The zero-order valence-electron chi connectivity index (χ0n) is 13.8. The lowest BCUT2D eigenvalue weighted by Gasteiger charge is -2.40. The van der Waals surface area contributed by atoms with Gasteiger partial charge in [-0.05, 0) is 31.9 Å². The van der Waals surface area contributed by atoms with Crippen LogP contribution in [0.4, 0.5) is 5.69 Å². The molecule has 124 valence electrons. The molecule has 0 bridgehead atoms. The molecule has 0 spiro atoms. The number of hydrogen-bond acceptors (Lipinski definition) is 3. The molecule has 1 atom stereocenters. The topological polar surface area (TPSA) is 49.9 Å². The number of amides is 2. The Kier molecular flexibility index (Phi) is 4.55. The van der Waals surface area contributed by atoms with E-state index < -0.39 is 6.04 Å². The third-order valence-corrected chi connectivity index (χ3v) is 5.01. The second kappa shape index (κ2) is 6.60. The normalized spacial score (nSPS) is 22.5. The molecular weight excluding hydrogens is 292 g/mol. The van der Waals surface area contributed by atoms with Crippen molar-refractivity contribution in [1.29, 1.82) is 0 Å². The predicted octanol–water partition coefficient (Wildman–Crippen LogP) is 2.45. The second-order valence-corrected chi connectivity index (χ2v) is 6.38. The van der Waals surface area contributed by atoms with Crippen LogP contribution >= 0.6 is 0 Å². The van der Waals surface area contributed by atoms with Gasteiger partial charge in [0.1, 0.15) is 11.8 Å². The smallest absolute Gasteiger partial charge is 0.249 e. The summed E-state index contributed by atoms with van der Waals surface area (Å²) < 4.78 is 5.23. The van der Waals surface area contributed by atoms with Crippen molar-refractivity contribution in [3.05, 3.63) is 24.3 Å². The summed E-state index contributed by atoms with van der Waals surface area (Å²) in [6.07, 6.45) is 4.19. The Bertz CT molecular complexity index is 596. The van der Waals surface area contributed by atoms with Crippen molar-refractivity contribution < 1.29 is 14.3 Å². The van der Waals surface area contributed by atoms with Crippen molar-refractivity contribution in [2.75, 3.05) is 25.1 Å². The fourth-order valence-corrected chi connectivity index (χ4v) is 3.61. The maximum atomic E-state index is 12.7. The lowest BCUT2D eigenvalue weighted by atomic mass is 10.0. The zero-order chi connectivity index (χ0) is 16.4. The highest BCUT2D eigenvalue weighted by Crippen LogP contribution is 2.29. The zero-order valence-corrected chi connectivity index (χ0v) is 13.8. The van der Waals surface area contributed by atoms with E-state index in [1.165, 1.54) is 0 Å². The van der Waals surface area contributed by atoms with Gasteiger partial charge in [-0.1, -0.05) is 18.9 Å². The minimum absolute atomic E-state index is 0.0177. The largest absolute Gasteiger partial charge is 0.497 e. The standard InChI is InChI=1S/C18H24N2O3/c1-13-17(21)20(15-8-5-9-16(12-15)23-2)11-10-19(13)18(22)14-6-3-4-7-14/h5,8-9,12-14H,3-4,6-7,10-11H2,1-2H3/t13-/m1/s1. The molecular formula is C18H24N2O3. The van der Waals surface area contributed by atoms with Gasteiger partial charge >= 0.3 is 0 Å². The summed E-state index contributed by atoms with van der Waals surface area (Å²) in [4.78, 5) is 28.9. The molecule has 0 aromatic heterocycles. The molecule has 5 nitrogen and oxygen atoms in total. The van der Waals surface area contributed by atoms with Crippen LogP contribution in [0.15, 0.2) is 24.3 Å². The molecule has 1 saturated heterocycles. The van der Waals surface area contributed by atoms with Gasteiger partial charge in [-0.3, -0.25) is 9.59 Å². The first-order valence-electron chi connectivity index (χ1n) is 8.37. The summed E-state index contributed by atoms with van der Waals surface area (Å²) in [5.74, 6) is 0.991. The number of carbonyl (C=O) groups is 2. The van der Waals surface area contributed by atoms with Crippen molar-refractivity contribution >= 4 is 17.5 Å². The average Bonchev–Trinajstić information content (AvgIpc) is 3.11. The molecule has 1 heterocycles. The minimum atomic E-state index is -0.400. The number of nitrogens with zero attached hydrogens (tertiary/aromatic N) is 2. The van der Waals surface area contributed by atoms with Gasteiger partial charge in [-0.2, -0.15) is 0 Å². The van der Waals surface area contributed by atoms with E-state index in [2.05, 4.69) is 0 Å². The first kappa shape index (κ1) is 15.8. The van der Waals surface area contributed by atoms with Gasteiger partial charge in [0.25, 0.3) is 0 Å². The van der Waals surface area contributed by atoms with Crippen LogP contribution in [0.5, 0.6) is 5.75 Å². The summed E-state index contributed by atoms with van der Waals surface area (Å²) in [5, 5.41) is 0. The van der Waals surface area contributed by atoms with Crippen LogP contribution in [-0.2, 0) is 9.59 Å². The van der Waals surface area contributed by atoms with Gasteiger partial charge in [0.2, 0.25) is 11.8 Å². The molecule has 1 aromatic carbocycles. The highest BCUT2D eigenvalue weighted by Gasteiger charge is 2.38. The van der Waals surface area contributed by atoms with Crippen molar-refractivity contribution in [1.82, 2.24) is 4.90 Å². The molecule has 5 heteroatoms. The molecule has 0 N–H and O–H groups in total. The number of anilines is 1. The van der Waals surface area contributed by atoms with Crippen molar-refractivity contribution in [2.45, 2.75) is 38.6 Å². The van der Waals surface area contributed by atoms with Gasteiger partial charge in [0.05, 0.1) is 7.11 Å². The Balaban J connectivity index is 1.74. The van der Waals surface area contributed by atoms with E-state index in [1.807, 2.05) is 31.2 Å². The highest BCUT2D eigenvalue weighted by atomic mass is 16.5. The van der Waals surface area contributed by atoms with Crippen LogP contribution < -0.4 is 9.64 Å². The summed E-state index contributed by atoms with van der Waals surface area (Å²) in [7, 11) is 1.61. The Morgan fingerprint density at radius 2 is 1.96 bits per heavy atom. The van der Waals surface area contributed by atoms with Crippen LogP contribution in [-0.4, -0.2) is 43.0 Å². The molecule has 1 aromatic rings. The number of hydrogen-bond donors (Lipinski definition) is 0. The lowest BCUT2D eigenvalue weighted by Crippen LogP contribution is -2.58. The molecule has 1 aliphatic carbocycles. The maximum Gasteiger partial charge on any atom is 0.249 e. The minimum Gasteiger partial charge on any atom is -0.497 e. The Labute approximate surface area is 137 Å². The fourth-order valence-electron chi connectivity index (χ4n) is 3.61. The number of methoxy groups -OCH3 is 1. The molecule has 2 fully saturated rings. The van der Waals surface area contributed by atoms with Crippen LogP contribution in [0, 0.1) is 5.92 Å². The first-order chi connectivity index (χ1) is 11.1. The van der Waals surface area contributed by atoms with E-state index in [4.69, 9.17) is 4.74 Å². The fraction of sp³-hybridized carbons (Fsp3) is 0.556. The van der Waals surface area contributed by atoms with E-state index in [0.29, 0.717) is 13.1 Å². The summed E-state index contributed by atoms with van der Waals surface area (Å²) in [6.45, 7) is 2.97. The van der Waals surface area contributed by atoms with E-state index in [1.54, 1.807) is 16.9 Å². The van der Waals surface area contributed by atoms with Crippen molar-refractivity contribution in [2.24, 2.45) is 5.92 Å². The predicted molar refractivity (Wildman–Crippen MR) is 88.5 cm³/mol. The van der Waals surface area contributed by atoms with Crippen LogP contribution in [0.3, 0.4) is 0 Å². The summed E-state index contributed by atoms with van der Waals surface area (Å²) in [5.41, 5.74) is 0.828. The van der Waals surface area contributed by atoms with Gasteiger partial charge in [-0.15, -0.1) is 0 Å². The number of carbonyl (C=O) groups excluding carboxylic acids is 2. The molecule has 1 aliphatic heterocycles. The van der Waals surface area contributed by atoms with E-state index in [9.17, 15) is 9.59 Å². The van der Waals surface area contributed by atoms with Crippen molar-refractivity contribution in [3.63, 3.8) is 0 Å². The van der Waals surface area contributed by atoms with E-state index in [-0.39, 0.29) is 17.7 Å². The Morgan fingerprint density at radius 3 is 2.65 bits per heavy atom. The third kappa shape index (κ3) is 3.05. The number of benzene rings is 1. The molecule has 23 heavy (non-hydrogen) atoms. The van der Waals surface area contributed by atoms with Gasteiger partial charge < -0.3 is 14.5 Å². The first-order valence-corrected chi connectivity index (χ1v) is 8.37. The molecule has 0 unspecified atom stereocenters. The Hall–Kier alpha value is -2.04. The van der Waals surface area contributed by atoms with Gasteiger partial charge in [0, 0.05) is 30.8 Å². The third-order valence-electron chi connectivity index (χ3n) is 5.01. The lowest BCUT2D eigenvalue weighted by molar-refractivity contribution is -0.143. The molecule has 1 saturated carbocycles. The van der Waals surface area contributed by atoms with E-state index >= 15 is 0 Å². The van der Waals surface area contributed by atoms with Crippen molar-refractivity contribution in [3.8, 4) is 5.75 Å². The maximum absolute atomic E-state index is 12.7. The SMILES string of the molecule is COc1cccc(N2CCN(C(=O)C3CCCC3)[C@H](C)C2=O)c1. The number of rotatable bonds is 3. The van der Waals surface area contributed by atoms with Crippen LogP contribution in [0.2, 0.25) is 0 Å². The van der Waals surface area contributed by atoms with Crippen LogP contribution in [0.25, 0.3) is 0 Å². The Morgan fingerprint density at radius 1 is 1.22 bits per heavy atom. The summed E-state index contributed by atoms with van der Waals surface area (Å²) in [6, 6.07) is 7.10. The highest BCUT2D eigenvalue weighted by molar-refractivity contribution is 6.00. The van der Waals surface area contributed by atoms with Gasteiger partial charge in [-0.25, -0.2) is 0 Å². The molecule has 2 aliphatic rings. The molecule has 3 rings (SSSR count). The second-order valence-electron chi connectivity index (χ2n) is 6.38. The number of ether oxygens (including phenoxy) is 1. The quantitative estimate of drug-likeness (QED) is 0.860.